The topological polar surface area (TPSA) is 164 Å². The molecule has 0 radical (unpaired) electrons. The van der Waals surface area contributed by atoms with Gasteiger partial charge in [-0.15, -0.1) is 0 Å². The minimum atomic E-state index is -0.897. The number of aromatic nitrogens is 4. The summed E-state index contributed by atoms with van der Waals surface area (Å²) in [6.07, 6.45) is 2.46. The fourth-order valence-electron chi connectivity index (χ4n) is 3.37. The van der Waals surface area contributed by atoms with Crippen molar-refractivity contribution in [2.75, 3.05) is 32.6 Å². The lowest BCUT2D eigenvalue weighted by molar-refractivity contribution is -0.0731. The molecule has 0 saturated carbocycles. The van der Waals surface area contributed by atoms with Gasteiger partial charge in [0.2, 0.25) is 5.95 Å². The number of fused-ring (bicyclic) bond motifs is 1. The Morgan fingerprint density at radius 3 is 2.89 bits per heavy atom. The summed E-state index contributed by atoms with van der Waals surface area (Å²) in [6, 6.07) is 0. The highest BCUT2D eigenvalue weighted by molar-refractivity contribution is 5.70. The lowest BCUT2D eigenvalue weighted by atomic mass is 10.1. The second-order valence-electron chi connectivity index (χ2n) is 6.82. The van der Waals surface area contributed by atoms with Crippen LogP contribution < -0.4 is 17.0 Å². The second kappa shape index (κ2) is 9.43. The average molecular weight is 396 g/mol. The molecule has 1 saturated heterocycles. The maximum Gasteiger partial charge on any atom is 0.280 e. The number of unbranched alkanes of at least 4 members (excludes halogenated alkanes) is 3. The molecular weight excluding hydrogens is 368 g/mol. The van der Waals surface area contributed by atoms with Crippen LogP contribution in [0.1, 0.15) is 31.9 Å². The Morgan fingerprint density at radius 1 is 1.36 bits per heavy atom. The highest BCUT2D eigenvalue weighted by Gasteiger charge is 2.46. The Kier molecular flexibility index (Phi) is 6.97. The van der Waals surface area contributed by atoms with Gasteiger partial charge in [-0.2, -0.15) is 4.98 Å². The number of imidazole rings is 1. The molecule has 28 heavy (non-hydrogen) atoms. The predicted octanol–water partition coefficient (Wildman–Crippen LogP) is -0.489. The minimum Gasteiger partial charge on any atom is -0.387 e. The third-order valence-electron chi connectivity index (χ3n) is 4.78. The smallest absolute Gasteiger partial charge is 0.280 e. The maximum atomic E-state index is 12.0. The molecule has 0 bridgehead atoms. The number of aliphatic hydroxyl groups is 1. The number of methoxy groups -OCH3 is 1. The summed E-state index contributed by atoms with van der Waals surface area (Å²) in [5.41, 5.74) is 11.1. The summed E-state index contributed by atoms with van der Waals surface area (Å²) >= 11 is 0. The van der Waals surface area contributed by atoms with Crippen molar-refractivity contribution < 1.29 is 19.3 Å². The van der Waals surface area contributed by atoms with E-state index in [0.29, 0.717) is 13.2 Å². The molecule has 11 nitrogen and oxygen atoms in total. The second-order valence-corrected chi connectivity index (χ2v) is 6.82. The van der Waals surface area contributed by atoms with Crippen LogP contribution in [-0.4, -0.2) is 69.8 Å². The molecule has 3 rings (SSSR count). The summed E-state index contributed by atoms with van der Waals surface area (Å²) < 4.78 is 18.6. The van der Waals surface area contributed by atoms with Gasteiger partial charge < -0.3 is 30.8 Å². The molecule has 4 atom stereocenters. The molecular formula is C17H28N6O5. The van der Waals surface area contributed by atoms with Gasteiger partial charge in [0.05, 0.1) is 12.9 Å². The third kappa shape index (κ3) is 4.33. The number of hydrogen-bond donors (Lipinski definition) is 4. The number of aromatic amines is 1. The highest BCUT2D eigenvalue weighted by atomic mass is 16.6. The maximum absolute atomic E-state index is 12.0. The number of aliphatic hydroxyl groups excluding tert-OH is 1. The predicted molar refractivity (Wildman–Crippen MR) is 102 cm³/mol. The van der Waals surface area contributed by atoms with Gasteiger partial charge in [0, 0.05) is 13.7 Å². The molecule has 2 aromatic rings. The molecule has 1 aliphatic heterocycles. The summed E-state index contributed by atoms with van der Waals surface area (Å²) in [4.78, 5) is 22.7. The van der Waals surface area contributed by atoms with Crippen LogP contribution >= 0.6 is 0 Å². The van der Waals surface area contributed by atoms with Crippen LogP contribution in [0.2, 0.25) is 0 Å². The van der Waals surface area contributed by atoms with E-state index in [4.69, 9.17) is 25.7 Å². The van der Waals surface area contributed by atoms with Gasteiger partial charge in [0.15, 0.2) is 17.4 Å². The monoisotopic (exact) mass is 396 g/mol. The van der Waals surface area contributed by atoms with Crippen molar-refractivity contribution in [2.24, 2.45) is 5.73 Å². The largest absolute Gasteiger partial charge is 0.387 e. The Labute approximate surface area is 162 Å². The van der Waals surface area contributed by atoms with Gasteiger partial charge in [0.25, 0.3) is 5.56 Å². The average Bonchev–Trinajstić information content (AvgIpc) is 3.21. The Morgan fingerprint density at radius 2 is 2.14 bits per heavy atom. The van der Waals surface area contributed by atoms with Crippen LogP contribution in [0.5, 0.6) is 0 Å². The van der Waals surface area contributed by atoms with Gasteiger partial charge in [-0.25, -0.2) is 4.98 Å². The van der Waals surface area contributed by atoms with E-state index in [1.807, 2.05) is 0 Å². The Bertz CT molecular complexity index is 824. The number of nitrogen functional groups attached to an aromatic ring is 1. The van der Waals surface area contributed by atoms with Crippen LogP contribution in [0.25, 0.3) is 11.2 Å². The molecule has 1 aliphatic rings. The molecule has 1 fully saturated rings. The number of nitrogens with one attached hydrogen (secondary N) is 1. The normalized spacial score (nSPS) is 25.0. The molecule has 0 aromatic carbocycles. The number of anilines is 1. The van der Waals surface area contributed by atoms with E-state index in [9.17, 15) is 9.90 Å². The van der Waals surface area contributed by atoms with Crippen molar-refractivity contribution in [3.8, 4) is 0 Å². The Balaban J connectivity index is 1.79. The van der Waals surface area contributed by atoms with Crippen LogP contribution in [0.3, 0.4) is 0 Å². The molecule has 11 heteroatoms. The van der Waals surface area contributed by atoms with Gasteiger partial charge in [-0.05, 0) is 19.4 Å². The molecule has 0 amide bonds. The number of H-pyrrole nitrogens is 1. The van der Waals surface area contributed by atoms with Crippen LogP contribution in [-0.2, 0) is 14.2 Å². The van der Waals surface area contributed by atoms with Gasteiger partial charge in [-0.1, -0.05) is 12.8 Å². The molecule has 2 unspecified atom stereocenters. The van der Waals surface area contributed by atoms with Crippen molar-refractivity contribution in [3.05, 3.63) is 16.7 Å². The van der Waals surface area contributed by atoms with Gasteiger partial charge >= 0.3 is 0 Å². The lowest BCUT2D eigenvalue weighted by Gasteiger charge is -2.22. The minimum absolute atomic E-state index is 0.0244. The molecule has 0 aliphatic carbocycles. The lowest BCUT2D eigenvalue weighted by Crippen LogP contribution is -2.36. The van der Waals surface area contributed by atoms with E-state index < -0.39 is 30.1 Å². The number of rotatable bonds is 10. The van der Waals surface area contributed by atoms with E-state index >= 15 is 0 Å². The first kappa shape index (κ1) is 20.7. The van der Waals surface area contributed by atoms with Crippen molar-refractivity contribution >= 4 is 17.1 Å². The summed E-state index contributed by atoms with van der Waals surface area (Å²) in [6.45, 7) is 1.35. The number of ether oxygens (including phenoxy) is 3. The Hall–Kier alpha value is -2.05. The molecule has 6 N–H and O–H groups in total. The van der Waals surface area contributed by atoms with E-state index in [-0.39, 0.29) is 23.7 Å². The number of nitrogens with zero attached hydrogens (tertiary/aromatic N) is 3. The fourth-order valence-corrected chi connectivity index (χ4v) is 3.37. The number of hydrogen-bond acceptors (Lipinski definition) is 9. The SMILES string of the molecule is COC[C@H]1O[C@@H](n2cnc3c(=O)[nH]c(N)nc32)C(OCCCCCCN)C1O. The molecule has 2 aromatic heterocycles. The fraction of sp³-hybridized carbons (Fsp3) is 0.706. The quantitative estimate of drug-likeness (QED) is 0.388. The van der Waals surface area contributed by atoms with Gasteiger partial charge in [-0.3, -0.25) is 14.3 Å². The van der Waals surface area contributed by atoms with Crippen LogP contribution in [0.15, 0.2) is 11.1 Å². The first-order valence-corrected chi connectivity index (χ1v) is 9.43. The first-order valence-electron chi connectivity index (χ1n) is 9.43. The first-order chi connectivity index (χ1) is 13.6. The zero-order valence-corrected chi connectivity index (χ0v) is 15.9. The zero-order chi connectivity index (χ0) is 20.1. The number of nitrogens with two attached hydrogens (primary N) is 2. The van der Waals surface area contributed by atoms with Crippen LogP contribution in [0.4, 0.5) is 5.95 Å². The van der Waals surface area contributed by atoms with Crippen LogP contribution in [0, 0.1) is 0 Å². The van der Waals surface area contributed by atoms with Crippen molar-refractivity contribution in [1.29, 1.82) is 0 Å². The van der Waals surface area contributed by atoms with E-state index in [1.165, 1.54) is 13.4 Å². The molecule has 156 valence electrons. The molecule has 0 spiro atoms. The third-order valence-corrected chi connectivity index (χ3v) is 4.78. The summed E-state index contributed by atoms with van der Waals surface area (Å²) in [5, 5.41) is 10.7. The summed E-state index contributed by atoms with van der Waals surface area (Å²) in [5.74, 6) is -0.0244. The van der Waals surface area contributed by atoms with Crippen molar-refractivity contribution in [1.82, 2.24) is 19.5 Å². The van der Waals surface area contributed by atoms with Gasteiger partial charge in [0.1, 0.15) is 18.3 Å². The van der Waals surface area contributed by atoms with E-state index in [2.05, 4.69) is 15.0 Å². The zero-order valence-electron chi connectivity index (χ0n) is 15.9. The summed E-state index contributed by atoms with van der Waals surface area (Å²) in [7, 11) is 1.53. The highest BCUT2D eigenvalue weighted by Crippen LogP contribution is 2.33. The van der Waals surface area contributed by atoms with E-state index in [1.54, 1.807) is 4.57 Å². The van der Waals surface area contributed by atoms with Crippen molar-refractivity contribution in [2.45, 2.75) is 50.2 Å². The van der Waals surface area contributed by atoms with E-state index in [0.717, 1.165) is 25.7 Å². The van der Waals surface area contributed by atoms with Crippen molar-refractivity contribution in [3.63, 3.8) is 0 Å². The molecule has 3 heterocycles. The standard InChI is InChI=1S/C17H28N6O5/c1-26-8-10-12(24)13(27-7-5-3-2-4-6-18)16(28-10)23-9-20-11-14(23)21-17(19)22-15(11)25/h9-10,12-13,16,24H,2-8,18H2,1H3,(H3,19,21,22,25)/t10-,12?,13?,16-/m1/s1.